The Hall–Kier alpha value is -1.22. The molecule has 2 heterocycles. The fourth-order valence-corrected chi connectivity index (χ4v) is 2.52. The van der Waals surface area contributed by atoms with Gasteiger partial charge in [0.15, 0.2) is 12.6 Å². The first kappa shape index (κ1) is 14.7. The van der Waals surface area contributed by atoms with Crippen molar-refractivity contribution in [3.63, 3.8) is 0 Å². The molecular weight excluding hydrogens is 280 g/mol. The molecule has 3 rings (SSSR count). The molecule has 0 aliphatic carbocycles. The maximum atomic E-state index is 10.00. The lowest BCUT2D eigenvalue weighted by Crippen LogP contribution is -2.61. The molecule has 21 heavy (non-hydrogen) atoms. The Morgan fingerprint density at radius 2 is 1.76 bits per heavy atom. The molecule has 1 aromatic rings. The van der Waals surface area contributed by atoms with Gasteiger partial charge < -0.3 is 34.3 Å². The summed E-state index contributed by atoms with van der Waals surface area (Å²) in [5, 5.41) is 29.1. The van der Waals surface area contributed by atoms with E-state index in [2.05, 4.69) is 0 Å². The average Bonchev–Trinajstić information content (AvgIpc) is 2.53. The van der Waals surface area contributed by atoms with Gasteiger partial charge in [-0.15, -0.1) is 0 Å². The quantitative estimate of drug-likeness (QED) is 0.680. The Bertz CT molecular complexity index is 475. The highest BCUT2D eigenvalue weighted by molar-refractivity contribution is 5.28. The first-order chi connectivity index (χ1) is 10.1. The van der Waals surface area contributed by atoms with E-state index in [0.717, 1.165) is 5.56 Å². The minimum absolute atomic E-state index is 0.155. The zero-order chi connectivity index (χ0) is 15.0. The van der Waals surface area contributed by atoms with Crippen molar-refractivity contribution >= 4 is 0 Å². The Kier molecular flexibility index (Phi) is 4.12. The number of ether oxygens (including phenoxy) is 4. The molecule has 0 amide bonds. The number of methoxy groups -OCH3 is 1. The summed E-state index contributed by atoms with van der Waals surface area (Å²) in [6, 6.07) is 7.15. The molecule has 0 aromatic heterocycles. The van der Waals surface area contributed by atoms with E-state index < -0.39 is 37.0 Å². The molecule has 2 saturated heterocycles. The van der Waals surface area contributed by atoms with Crippen LogP contribution in [0.15, 0.2) is 24.3 Å². The smallest absolute Gasteiger partial charge is 0.184 e. The van der Waals surface area contributed by atoms with E-state index in [4.69, 9.17) is 18.9 Å². The lowest BCUT2D eigenvalue weighted by atomic mass is 9.98. The van der Waals surface area contributed by atoms with Gasteiger partial charge in [-0.25, -0.2) is 0 Å². The zero-order valence-corrected chi connectivity index (χ0v) is 11.5. The van der Waals surface area contributed by atoms with Crippen molar-refractivity contribution < 1.29 is 34.3 Å². The van der Waals surface area contributed by atoms with Gasteiger partial charge in [0, 0.05) is 5.56 Å². The van der Waals surface area contributed by atoms with E-state index in [1.165, 1.54) is 0 Å². The summed E-state index contributed by atoms with van der Waals surface area (Å²) in [5.41, 5.74) is 0.766. The lowest BCUT2D eigenvalue weighted by Gasteiger charge is -2.45. The summed E-state index contributed by atoms with van der Waals surface area (Å²) in [4.78, 5) is 0. The van der Waals surface area contributed by atoms with E-state index in [0.29, 0.717) is 5.75 Å². The summed E-state index contributed by atoms with van der Waals surface area (Å²) in [5.74, 6) is 0.715. The number of hydrogen-bond donors (Lipinski definition) is 3. The van der Waals surface area contributed by atoms with Crippen molar-refractivity contribution in [3.8, 4) is 5.75 Å². The van der Waals surface area contributed by atoms with E-state index in [-0.39, 0.29) is 6.61 Å². The minimum Gasteiger partial charge on any atom is -0.497 e. The second-order valence-electron chi connectivity index (χ2n) is 5.09. The molecule has 7 heteroatoms. The third kappa shape index (κ3) is 2.76. The largest absolute Gasteiger partial charge is 0.497 e. The summed E-state index contributed by atoms with van der Waals surface area (Å²) in [7, 11) is 1.58. The van der Waals surface area contributed by atoms with E-state index in [1.54, 1.807) is 31.4 Å². The van der Waals surface area contributed by atoms with Gasteiger partial charge in [0.2, 0.25) is 0 Å². The fourth-order valence-electron chi connectivity index (χ4n) is 2.52. The Balaban J connectivity index is 1.73. The van der Waals surface area contributed by atoms with Crippen molar-refractivity contribution in [1.29, 1.82) is 0 Å². The van der Waals surface area contributed by atoms with Crippen molar-refractivity contribution in [2.75, 3.05) is 13.7 Å². The van der Waals surface area contributed by atoms with Crippen LogP contribution in [0.1, 0.15) is 11.9 Å². The van der Waals surface area contributed by atoms with Gasteiger partial charge in [0.25, 0.3) is 0 Å². The van der Waals surface area contributed by atoms with Gasteiger partial charge in [-0.3, -0.25) is 0 Å². The molecule has 2 aliphatic rings. The monoisotopic (exact) mass is 298 g/mol. The van der Waals surface area contributed by atoms with Gasteiger partial charge in [-0.2, -0.15) is 0 Å². The van der Waals surface area contributed by atoms with Crippen LogP contribution in [0, 0.1) is 0 Å². The van der Waals surface area contributed by atoms with Crippen molar-refractivity contribution in [3.05, 3.63) is 29.8 Å². The highest BCUT2D eigenvalue weighted by atomic mass is 16.7. The summed E-state index contributed by atoms with van der Waals surface area (Å²) < 4.78 is 21.5. The van der Waals surface area contributed by atoms with Crippen LogP contribution in [0.3, 0.4) is 0 Å². The van der Waals surface area contributed by atoms with Crippen LogP contribution in [0.4, 0.5) is 0 Å². The van der Waals surface area contributed by atoms with Crippen molar-refractivity contribution in [2.24, 2.45) is 0 Å². The normalized spacial score (nSPS) is 39.6. The van der Waals surface area contributed by atoms with Crippen LogP contribution in [0.2, 0.25) is 0 Å². The van der Waals surface area contributed by atoms with E-state index in [9.17, 15) is 15.3 Å². The molecule has 1 unspecified atom stereocenters. The summed E-state index contributed by atoms with van der Waals surface area (Å²) >= 11 is 0. The molecule has 116 valence electrons. The second kappa shape index (κ2) is 5.88. The summed E-state index contributed by atoms with van der Waals surface area (Å²) in [6.45, 7) is 0.155. The predicted molar refractivity (Wildman–Crippen MR) is 69.5 cm³/mol. The number of aliphatic hydroxyl groups excluding tert-OH is 3. The van der Waals surface area contributed by atoms with Crippen LogP contribution >= 0.6 is 0 Å². The van der Waals surface area contributed by atoms with E-state index >= 15 is 0 Å². The lowest BCUT2D eigenvalue weighted by molar-refractivity contribution is -0.354. The fraction of sp³-hybridized carbons (Fsp3) is 0.571. The second-order valence-corrected chi connectivity index (χ2v) is 5.09. The molecule has 0 radical (unpaired) electrons. The molecule has 6 atom stereocenters. The van der Waals surface area contributed by atoms with E-state index in [1.807, 2.05) is 0 Å². The molecule has 0 saturated carbocycles. The number of hydrogen-bond acceptors (Lipinski definition) is 7. The SMILES string of the molecule is COc1ccc(C2OC[C@H]3O[C@H](O)[C@H](O)[C@@H](O)[C@@H]3O2)cc1. The molecule has 2 fully saturated rings. The molecule has 2 aliphatic heterocycles. The maximum Gasteiger partial charge on any atom is 0.184 e. The van der Waals surface area contributed by atoms with Crippen LogP contribution in [0.25, 0.3) is 0 Å². The molecule has 7 nitrogen and oxygen atoms in total. The number of aliphatic hydroxyl groups is 3. The average molecular weight is 298 g/mol. The summed E-state index contributed by atoms with van der Waals surface area (Å²) in [6.07, 6.45) is -6.12. The predicted octanol–water partition coefficient (Wildman–Crippen LogP) is -0.452. The third-order valence-electron chi connectivity index (χ3n) is 3.74. The van der Waals surface area contributed by atoms with Gasteiger partial charge in [-0.05, 0) is 12.1 Å². The first-order valence-electron chi connectivity index (χ1n) is 6.71. The topological polar surface area (TPSA) is 97.6 Å². The van der Waals surface area contributed by atoms with Crippen LogP contribution in [-0.4, -0.2) is 59.7 Å². The Morgan fingerprint density at radius 3 is 2.43 bits per heavy atom. The van der Waals surface area contributed by atoms with Crippen LogP contribution < -0.4 is 4.74 Å². The first-order valence-corrected chi connectivity index (χ1v) is 6.71. The Morgan fingerprint density at radius 1 is 1.05 bits per heavy atom. The molecule has 0 bridgehead atoms. The van der Waals surface area contributed by atoms with Gasteiger partial charge in [0.1, 0.15) is 30.2 Å². The standard InChI is InChI=1S/C14H18O7/c1-18-8-4-2-7(3-5-8)14-19-6-9-12(21-14)10(15)11(16)13(17)20-9/h2-5,9-17H,6H2,1H3/t9-,10-,11-,12-,13+,14?/m1/s1. The highest BCUT2D eigenvalue weighted by Gasteiger charge is 2.48. The van der Waals surface area contributed by atoms with Gasteiger partial charge in [-0.1, -0.05) is 12.1 Å². The number of fused-ring (bicyclic) bond motifs is 1. The van der Waals surface area contributed by atoms with Crippen molar-refractivity contribution in [1.82, 2.24) is 0 Å². The maximum absolute atomic E-state index is 10.00. The van der Waals surface area contributed by atoms with Gasteiger partial charge >= 0.3 is 0 Å². The zero-order valence-electron chi connectivity index (χ0n) is 11.5. The number of benzene rings is 1. The van der Waals surface area contributed by atoms with Gasteiger partial charge in [0.05, 0.1) is 13.7 Å². The molecule has 1 aromatic carbocycles. The highest BCUT2D eigenvalue weighted by Crippen LogP contribution is 2.33. The van der Waals surface area contributed by atoms with Crippen LogP contribution in [0.5, 0.6) is 5.75 Å². The minimum atomic E-state index is -1.44. The Labute approximate surface area is 121 Å². The molecule has 0 spiro atoms. The van der Waals surface area contributed by atoms with Crippen LogP contribution in [-0.2, 0) is 14.2 Å². The third-order valence-corrected chi connectivity index (χ3v) is 3.74. The number of rotatable bonds is 2. The molecule has 3 N–H and O–H groups in total. The molecular formula is C14H18O7. The van der Waals surface area contributed by atoms with Crippen molar-refractivity contribution in [2.45, 2.75) is 37.0 Å².